The fourth-order valence-electron chi connectivity index (χ4n) is 4.02. The smallest absolute Gasteiger partial charge is 0.304 e. The summed E-state index contributed by atoms with van der Waals surface area (Å²) in [5.74, 6) is -0.302. The number of ether oxygens (including phenoxy) is 2. The van der Waals surface area contributed by atoms with E-state index in [1.807, 2.05) is 36.0 Å². The Labute approximate surface area is 204 Å². The minimum absolute atomic E-state index is 0.00567. The Hall–Kier alpha value is -2.14. The van der Waals surface area contributed by atoms with Gasteiger partial charge in [-0.1, -0.05) is 59.8 Å². The summed E-state index contributed by atoms with van der Waals surface area (Å²) in [6.45, 7) is 7.69. The molecule has 1 saturated heterocycles. The van der Waals surface area contributed by atoms with Crippen LogP contribution in [0.5, 0.6) is 0 Å². The lowest BCUT2D eigenvalue weighted by Gasteiger charge is -2.44. The van der Waals surface area contributed by atoms with E-state index in [1.54, 1.807) is 17.1 Å². The normalized spacial score (nSPS) is 25.2. The highest BCUT2D eigenvalue weighted by atomic mass is 35.5. The molecule has 0 bridgehead atoms. The molecule has 1 fully saturated rings. The molecule has 2 unspecified atom stereocenters. The number of carbonyl (C=O) groups excluding carboxylic acids is 1. The van der Waals surface area contributed by atoms with Gasteiger partial charge in [0, 0.05) is 34.1 Å². The van der Waals surface area contributed by atoms with E-state index in [4.69, 9.17) is 21.1 Å². The zero-order chi connectivity index (χ0) is 23.7. The number of carbonyl (C=O) groups is 1. The van der Waals surface area contributed by atoms with Gasteiger partial charge in [-0.05, 0) is 24.6 Å². The topological polar surface area (TPSA) is 99.1 Å². The summed E-state index contributed by atoms with van der Waals surface area (Å²) in [6.07, 6.45) is 1.52. The highest BCUT2D eigenvalue weighted by Gasteiger charge is 2.44. The lowest BCUT2D eigenvalue weighted by Crippen LogP contribution is -2.47. The van der Waals surface area contributed by atoms with Gasteiger partial charge in [0.1, 0.15) is 17.7 Å². The lowest BCUT2D eigenvalue weighted by atomic mass is 9.84. The average Bonchev–Trinajstić information content (AvgIpc) is 3.41. The Bertz CT molecular complexity index is 1190. The van der Waals surface area contributed by atoms with E-state index < -0.39 is 0 Å². The van der Waals surface area contributed by atoms with Crippen molar-refractivity contribution in [2.24, 2.45) is 11.8 Å². The Kier molecular flexibility index (Phi) is 7.28. The van der Waals surface area contributed by atoms with Gasteiger partial charge < -0.3 is 14.5 Å². The summed E-state index contributed by atoms with van der Waals surface area (Å²) in [5, 5.41) is 11.1. The number of nitrogens with zero attached hydrogens (tertiary/aromatic N) is 3. The fraction of sp³-hybridized carbons (Fsp3) is 0.455. The number of aromatic amines is 1. The number of hydrogen-bond acceptors (Lipinski definition) is 8. The van der Waals surface area contributed by atoms with E-state index in [0.717, 1.165) is 21.8 Å². The van der Waals surface area contributed by atoms with Gasteiger partial charge in [0.2, 0.25) is 0 Å². The van der Waals surface area contributed by atoms with Crippen LogP contribution in [0.1, 0.15) is 32.4 Å². The van der Waals surface area contributed by atoms with Gasteiger partial charge in [-0.2, -0.15) is 0 Å². The van der Waals surface area contributed by atoms with Crippen LogP contribution in [0.15, 0.2) is 39.5 Å². The molecule has 11 heteroatoms. The van der Waals surface area contributed by atoms with Crippen LogP contribution in [0.25, 0.3) is 11.4 Å². The minimum Gasteiger partial charge on any atom is -0.463 e. The molecular weight excluding hydrogens is 484 g/mol. The molecule has 33 heavy (non-hydrogen) atoms. The number of hydrogen-bond donors (Lipinski definition) is 1. The van der Waals surface area contributed by atoms with Gasteiger partial charge in [0.25, 0.3) is 0 Å². The molecule has 2 aromatic heterocycles. The van der Waals surface area contributed by atoms with Crippen LogP contribution in [0.2, 0.25) is 5.02 Å². The predicted octanol–water partition coefficient (Wildman–Crippen LogP) is 4.55. The third-order valence-electron chi connectivity index (χ3n) is 5.86. The van der Waals surface area contributed by atoms with Crippen molar-refractivity contribution in [3.63, 3.8) is 0 Å². The van der Waals surface area contributed by atoms with Gasteiger partial charge in [-0.15, -0.1) is 5.10 Å². The van der Waals surface area contributed by atoms with Gasteiger partial charge in [-0.25, -0.2) is 4.68 Å². The Morgan fingerprint density at radius 1 is 1.36 bits per heavy atom. The summed E-state index contributed by atoms with van der Waals surface area (Å²) >= 11 is 9.01. The van der Waals surface area contributed by atoms with Crippen molar-refractivity contribution in [3.05, 3.63) is 50.0 Å². The number of halogens is 1. The third-order valence-corrected chi connectivity index (χ3v) is 8.24. The zero-order valence-corrected chi connectivity index (χ0v) is 21.0. The van der Waals surface area contributed by atoms with Crippen molar-refractivity contribution < 1.29 is 14.3 Å². The lowest BCUT2D eigenvalue weighted by molar-refractivity contribution is -0.156. The number of thiazole rings is 1. The first-order chi connectivity index (χ1) is 15.7. The molecule has 0 amide bonds. The molecule has 0 aliphatic carbocycles. The molecule has 0 spiro atoms. The van der Waals surface area contributed by atoms with Crippen LogP contribution in [0.3, 0.4) is 0 Å². The fourth-order valence-corrected chi connectivity index (χ4v) is 6.01. The average molecular weight is 509 g/mol. The predicted molar refractivity (Wildman–Crippen MR) is 129 cm³/mol. The molecule has 4 rings (SSSR count). The number of rotatable bonds is 6. The van der Waals surface area contributed by atoms with Crippen molar-refractivity contribution in [3.8, 4) is 11.4 Å². The van der Waals surface area contributed by atoms with Crippen LogP contribution in [0.4, 0.5) is 0 Å². The number of benzene rings is 1. The number of esters is 1. The Morgan fingerprint density at radius 2 is 2.15 bits per heavy atom. The molecule has 5 atom stereocenters. The van der Waals surface area contributed by atoms with Crippen LogP contribution < -0.4 is 4.87 Å². The van der Waals surface area contributed by atoms with Crippen molar-refractivity contribution in [1.82, 2.24) is 20.0 Å². The molecule has 3 aromatic rings. The molecule has 1 aliphatic heterocycles. The van der Waals surface area contributed by atoms with Crippen molar-refractivity contribution >= 4 is 40.7 Å². The Morgan fingerprint density at radius 3 is 2.82 bits per heavy atom. The molecule has 1 aromatic carbocycles. The first-order valence-corrected chi connectivity index (χ1v) is 12.7. The van der Waals surface area contributed by atoms with E-state index in [-0.39, 0.29) is 46.9 Å². The maximum absolute atomic E-state index is 11.5. The quantitative estimate of drug-likeness (QED) is 0.487. The zero-order valence-electron chi connectivity index (χ0n) is 18.6. The third kappa shape index (κ3) is 5.34. The summed E-state index contributed by atoms with van der Waals surface area (Å²) in [5.41, 5.74) is 2.03. The maximum atomic E-state index is 11.5. The molecule has 8 nitrogen and oxygen atoms in total. The summed E-state index contributed by atoms with van der Waals surface area (Å²) in [6, 6.07) is 5.88. The van der Waals surface area contributed by atoms with E-state index >= 15 is 0 Å². The van der Waals surface area contributed by atoms with E-state index in [1.165, 1.54) is 6.92 Å². The number of thioether (sulfide) groups is 1. The molecule has 176 valence electrons. The van der Waals surface area contributed by atoms with Crippen LogP contribution in [0, 0.1) is 18.8 Å². The van der Waals surface area contributed by atoms with E-state index in [0.29, 0.717) is 16.4 Å². The first kappa shape index (κ1) is 24.0. The number of nitrogens with one attached hydrogen (secondary N) is 1. The molecule has 1 aliphatic rings. The molecule has 0 radical (unpaired) electrons. The minimum atomic E-state index is -0.347. The van der Waals surface area contributed by atoms with E-state index in [2.05, 4.69) is 29.1 Å². The molecular formula is C22H25ClN4O4S2. The van der Waals surface area contributed by atoms with Crippen LogP contribution in [-0.2, 0) is 14.3 Å². The number of aromatic nitrogens is 4. The molecule has 3 heterocycles. The van der Waals surface area contributed by atoms with Crippen molar-refractivity contribution in [2.75, 3.05) is 6.61 Å². The second-order valence-electron chi connectivity index (χ2n) is 8.23. The van der Waals surface area contributed by atoms with Gasteiger partial charge in [-0.3, -0.25) is 9.59 Å². The molecule has 0 saturated carbocycles. The Balaban J connectivity index is 1.63. The number of aryl methyl sites for hydroxylation is 1. The van der Waals surface area contributed by atoms with Gasteiger partial charge >= 0.3 is 10.8 Å². The monoisotopic (exact) mass is 508 g/mol. The molecule has 1 N–H and O–H groups in total. The van der Waals surface area contributed by atoms with Crippen LogP contribution >= 0.6 is 34.7 Å². The van der Waals surface area contributed by atoms with Gasteiger partial charge in [0.15, 0.2) is 0 Å². The van der Waals surface area contributed by atoms with E-state index in [9.17, 15) is 9.59 Å². The summed E-state index contributed by atoms with van der Waals surface area (Å²) in [7, 11) is 0. The highest BCUT2D eigenvalue weighted by Crippen LogP contribution is 2.45. The SMILES string of the molecule is CC(=O)OCC1O[C@H](Sc2ccc(C)c(Cl)c2)C(C)[C@@H](n2cc(-c3csc(=O)[nH]3)nn2)[C@H]1C. The number of H-pyrrole nitrogens is 1. The summed E-state index contributed by atoms with van der Waals surface area (Å²) < 4.78 is 13.6. The van der Waals surface area contributed by atoms with Crippen molar-refractivity contribution in [1.29, 1.82) is 0 Å². The second kappa shape index (κ2) is 10.0. The van der Waals surface area contributed by atoms with Crippen LogP contribution in [-0.4, -0.2) is 44.1 Å². The highest BCUT2D eigenvalue weighted by molar-refractivity contribution is 7.99. The van der Waals surface area contributed by atoms with Crippen molar-refractivity contribution in [2.45, 2.75) is 50.2 Å². The standard InChI is InChI=1S/C22H25ClN4O4S2/c1-11-5-6-15(7-16(11)23)33-21-13(3)20(12(2)19(31-21)9-30-14(4)28)27-8-17(25-26-27)18-10-32-22(29)24-18/h5-8,10,12-13,19-21H,9H2,1-4H3,(H,24,29)/t12-,13?,19?,20-,21+/m0/s1. The maximum Gasteiger partial charge on any atom is 0.304 e. The second-order valence-corrected chi connectivity index (χ2v) is 10.6. The summed E-state index contributed by atoms with van der Waals surface area (Å²) in [4.78, 5) is 26.6. The van der Waals surface area contributed by atoms with Gasteiger partial charge in [0.05, 0.1) is 24.0 Å². The largest absolute Gasteiger partial charge is 0.463 e. The first-order valence-electron chi connectivity index (χ1n) is 10.5.